The fraction of sp³-hybridized carbons (Fsp3) is 0.357. The van der Waals surface area contributed by atoms with Gasteiger partial charge in [0.1, 0.15) is 12.4 Å². The van der Waals surface area contributed by atoms with Crippen LogP contribution in [0.5, 0.6) is 5.75 Å². The van der Waals surface area contributed by atoms with E-state index in [1.54, 1.807) is 11.3 Å². The van der Waals surface area contributed by atoms with Gasteiger partial charge in [-0.25, -0.2) is 4.98 Å². The lowest BCUT2D eigenvalue weighted by molar-refractivity contribution is 0.309. The molecule has 0 atom stereocenters. The minimum absolute atomic E-state index is 0.555. The van der Waals surface area contributed by atoms with Crippen molar-refractivity contribution in [3.8, 4) is 5.75 Å². The lowest BCUT2D eigenvalue weighted by Crippen LogP contribution is -2.08. The number of anilines is 2. The van der Waals surface area contributed by atoms with Crippen LogP contribution in [0.2, 0.25) is 0 Å². The van der Waals surface area contributed by atoms with Crippen molar-refractivity contribution in [3.05, 3.63) is 35.3 Å². The molecule has 0 bridgehead atoms. The minimum Gasteiger partial charge on any atom is -0.488 e. The predicted octanol–water partition coefficient (Wildman–Crippen LogP) is 3.22. The Morgan fingerprint density at radius 2 is 2.21 bits per heavy atom. The average Bonchev–Trinajstić information content (AvgIpc) is 2.85. The average molecular weight is 277 g/mol. The Balaban J connectivity index is 1.95. The number of hydrogen-bond donors (Lipinski definition) is 1. The molecule has 0 unspecified atom stereocenters. The highest BCUT2D eigenvalue weighted by molar-refractivity contribution is 7.15. The Morgan fingerprint density at radius 3 is 2.95 bits per heavy atom. The lowest BCUT2D eigenvalue weighted by Gasteiger charge is -2.13. The first-order chi connectivity index (χ1) is 9.19. The maximum absolute atomic E-state index is 5.79. The van der Waals surface area contributed by atoms with Crippen molar-refractivity contribution in [1.29, 1.82) is 0 Å². The van der Waals surface area contributed by atoms with Crippen molar-refractivity contribution in [3.63, 3.8) is 0 Å². The zero-order chi connectivity index (χ0) is 13.7. The quantitative estimate of drug-likeness (QED) is 0.879. The van der Waals surface area contributed by atoms with Crippen LogP contribution in [0.4, 0.5) is 10.8 Å². The van der Waals surface area contributed by atoms with Gasteiger partial charge in [-0.3, -0.25) is 0 Å². The summed E-state index contributed by atoms with van der Waals surface area (Å²) >= 11 is 1.63. The largest absolute Gasteiger partial charge is 0.488 e. The Bertz CT molecular complexity index is 525. The maximum Gasteiger partial charge on any atom is 0.182 e. The van der Waals surface area contributed by atoms with Crippen LogP contribution in [0.1, 0.15) is 11.8 Å². The van der Waals surface area contributed by atoms with Gasteiger partial charge in [0.25, 0.3) is 0 Å². The molecule has 0 aliphatic rings. The molecule has 1 heterocycles. The minimum atomic E-state index is 0.555. The second kappa shape index (κ2) is 6.43. The van der Waals surface area contributed by atoms with Gasteiger partial charge in [0.2, 0.25) is 0 Å². The fourth-order valence-corrected chi connectivity index (χ4v) is 2.41. The van der Waals surface area contributed by atoms with Crippen LogP contribution in [-0.4, -0.2) is 25.6 Å². The third kappa shape index (κ3) is 3.86. The second-order valence-electron chi connectivity index (χ2n) is 4.34. The Morgan fingerprint density at radius 1 is 1.37 bits per heavy atom. The first-order valence-electron chi connectivity index (χ1n) is 6.28. The highest BCUT2D eigenvalue weighted by Crippen LogP contribution is 2.23. The first-order valence-corrected chi connectivity index (χ1v) is 7.09. The monoisotopic (exact) mass is 277 g/mol. The smallest absolute Gasteiger partial charge is 0.182 e. The number of rotatable bonds is 6. The predicted molar refractivity (Wildman–Crippen MR) is 81.4 cm³/mol. The summed E-state index contributed by atoms with van der Waals surface area (Å²) in [6.45, 7) is 3.50. The fourth-order valence-electron chi connectivity index (χ4n) is 1.61. The first kappa shape index (κ1) is 13.7. The van der Waals surface area contributed by atoms with Crippen LogP contribution < -0.4 is 15.0 Å². The van der Waals surface area contributed by atoms with E-state index in [1.165, 1.54) is 0 Å². The summed E-state index contributed by atoms with van der Waals surface area (Å²) < 4.78 is 5.79. The Hall–Kier alpha value is -1.75. The lowest BCUT2D eigenvalue weighted by atomic mass is 10.3. The topological polar surface area (TPSA) is 37.4 Å². The third-order valence-electron chi connectivity index (χ3n) is 2.60. The van der Waals surface area contributed by atoms with Crippen molar-refractivity contribution in [2.75, 3.05) is 30.9 Å². The maximum atomic E-state index is 5.79. The number of benzene rings is 1. The van der Waals surface area contributed by atoms with E-state index in [4.69, 9.17) is 4.74 Å². The Labute approximate surface area is 118 Å². The number of hydrogen-bond acceptors (Lipinski definition) is 5. The molecule has 0 radical (unpaired) electrons. The molecule has 4 nitrogen and oxygen atoms in total. The number of aromatic nitrogens is 1. The summed E-state index contributed by atoms with van der Waals surface area (Å²) in [6, 6.07) is 8.07. The van der Waals surface area contributed by atoms with Gasteiger partial charge in [0, 0.05) is 38.6 Å². The van der Waals surface area contributed by atoms with E-state index >= 15 is 0 Å². The molecule has 2 rings (SSSR count). The summed E-state index contributed by atoms with van der Waals surface area (Å²) in [5, 5.41) is 4.14. The Kier molecular flexibility index (Phi) is 4.63. The van der Waals surface area contributed by atoms with Crippen LogP contribution in [-0.2, 0) is 6.61 Å². The third-order valence-corrected chi connectivity index (χ3v) is 3.53. The highest BCUT2D eigenvalue weighted by Gasteiger charge is 2.03. The van der Waals surface area contributed by atoms with E-state index in [1.807, 2.05) is 38.5 Å². The molecular weight excluding hydrogens is 258 g/mol. The zero-order valence-electron chi connectivity index (χ0n) is 11.5. The van der Waals surface area contributed by atoms with Crippen molar-refractivity contribution >= 4 is 22.2 Å². The van der Waals surface area contributed by atoms with Gasteiger partial charge in [-0.05, 0) is 19.1 Å². The van der Waals surface area contributed by atoms with Crippen LogP contribution in [0.15, 0.2) is 30.5 Å². The van der Waals surface area contributed by atoms with Gasteiger partial charge < -0.3 is 15.0 Å². The normalized spacial score (nSPS) is 10.3. The van der Waals surface area contributed by atoms with E-state index < -0.39 is 0 Å². The standard InChI is InChI=1S/C14H19N3OS/c1-4-15-14-16-9-13(19-14)10-18-12-7-5-6-11(8-12)17(2)3/h5-9H,4,10H2,1-3H3,(H,15,16). The molecule has 1 aromatic heterocycles. The number of nitrogens with one attached hydrogen (secondary N) is 1. The van der Waals surface area contributed by atoms with Gasteiger partial charge in [0.05, 0.1) is 4.88 Å². The van der Waals surface area contributed by atoms with E-state index in [9.17, 15) is 0 Å². The second-order valence-corrected chi connectivity index (χ2v) is 5.46. The van der Waals surface area contributed by atoms with Gasteiger partial charge in [-0.1, -0.05) is 17.4 Å². The van der Waals surface area contributed by atoms with E-state index in [0.29, 0.717) is 6.61 Å². The van der Waals surface area contributed by atoms with Gasteiger partial charge in [0.15, 0.2) is 5.13 Å². The number of nitrogens with zero attached hydrogens (tertiary/aromatic N) is 2. The van der Waals surface area contributed by atoms with E-state index in [2.05, 4.69) is 28.2 Å². The molecule has 1 aromatic carbocycles. The molecule has 19 heavy (non-hydrogen) atoms. The molecule has 0 spiro atoms. The number of thiazole rings is 1. The molecule has 0 fully saturated rings. The van der Waals surface area contributed by atoms with Gasteiger partial charge >= 0.3 is 0 Å². The highest BCUT2D eigenvalue weighted by atomic mass is 32.1. The van der Waals surface area contributed by atoms with Crippen molar-refractivity contribution in [2.45, 2.75) is 13.5 Å². The zero-order valence-corrected chi connectivity index (χ0v) is 12.3. The molecule has 2 aromatic rings. The molecular formula is C14H19N3OS. The summed E-state index contributed by atoms with van der Waals surface area (Å²) in [6.07, 6.45) is 1.86. The van der Waals surface area contributed by atoms with Gasteiger partial charge in [-0.15, -0.1) is 0 Å². The molecule has 0 saturated heterocycles. The summed E-state index contributed by atoms with van der Waals surface area (Å²) in [5.41, 5.74) is 1.13. The summed E-state index contributed by atoms with van der Waals surface area (Å²) in [4.78, 5) is 7.46. The molecule has 102 valence electrons. The number of ether oxygens (including phenoxy) is 1. The van der Waals surface area contributed by atoms with Crippen molar-refractivity contribution in [1.82, 2.24) is 4.98 Å². The van der Waals surface area contributed by atoms with E-state index in [0.717, 1.165) is 28.0 Å². The molecule has 0 amide bonds. The van der Waals surface area contributed by atoms with Crippen molar-refractivity contribution in [2.24, 2.45) is 0 Å². The van der Waals surface area contributed by atoms with Gasteiger partial charge in [-0.2, -0.15) is 0 Å². The van der Waals surface area contributed by atoms with Crippen LogP contribution in [0.25, 0.3) is 0 Å². The SMILES string of the molecule is CCNc1ncc(COc2cccc(N(C)C)c2)s1. The van der Waals surface area contributed by atoms with Crippen LogP contribution in [0, 0.1) is 0 Å². The summed E-state index contributed by atoms with van der Waals surface area (Å²) in [7, 11) is 4.04. The molecule has 5 heteroatoms. The molecule has 0 aliphatic heterocycles. The molecule has 0 saturated carbocycles. The van der Waals surface area contributed by atoms with E-state index in [-0.39, 0.29) is 0 Å². The van der Waals surface area contributed by atoms with Crippen molar-refractivity contribution < 1.29 is 4.74 Å². The van der Waals surface area contributed by atoms with Crippen LogP contribution >= 0.6 is 11.3 Å². The molecule has 1 N–H and O–H groups in total. The summed E-state index contributed by atoms with van der Waals surface area (Å²) in [5.74, 6) is 0.879. The molecule has 0 aliphatic carbocycles. The van der Waals surface area contributed by atoms with Crippen LogP contribution in [0.3, 0.4) is 0 Å².